The zero-order chi connectivity index (χ0) is 12.4. The molecule has 2 aliphatic rings. The monoisotopic (exact) mass is 261 g/mol. The minimum Gasteiger partial charge on any atom is -0.332 e. The van der Waals surface area contributed by atoms with Crippen molar-refractivity contribution in [1.29, 1.82) is 0 Å². The first-order valence-corrected chi connectivity index (χ1v) is 7.21. The molecule has 0 saturated carbocycles. The van der Waals surface area contributed by atoms with E-state index in [9.17, 15) is 4.79 Å². The summed E-state index contributed by atoms with van der Waals surface area (Å²) in [5, 5.41) is 0.672. The molecule has 0 N–H and O–H groups in total. The Bertz CT molecular complexity index is 463. The highest BCUT2D eigenvalue weighted by molar-refractivity contribution is 7.99. The van der Waals surface area contributed by atoms with Crippen LogP contribution in [0.3, 0.4) is 0 Å². The van der Waals surface area contributed by atoms with Gasteiger partial charge in [0, 0.05) is 18.4 Å². The van der Waals surface area contributed by atoms with Gasteiger partial charge < -0.3 is 4.90 Å². The number of hydrogen-bond acceptors (Lipinski definition) is 4. The van der Waals surface area contributed by atoms with Gasteiger partial charge in [-0.3, -0.25) is 4.79 Å². The molecule has 0 aliphatic carbocycles. The summed E-state index contributed by atoms with van der Waals surface area (Å²) < 4.78 is 0. The summed E-state index contributed by atoms with van der Waals surface area (Å²) in [5.74, 6) is 0.648. The van der Waals surface area contributed by atoms with Crippen LogP contribution in [0.2, 0.25) is 0 Å². The van der Waals surface area contributed by atoms with Gasteiger partial charge in [-0.1, -0.05) is 23.9 Å². The Hall–Kier alpha value is -1.36. The highest BCUT2D eigenvalue weighted by Crippen LogP contribution is 2.32. The molecule has 2 atom stereocenters. The number of aromatic nitrogens is 2. The molecular formula is C13H15N3OS. The lowest BCUT2D eigenvalue weighted by Crippen LogP contribution is -2.43. The van der Waals surface area contributed by atoms with Gasteiger partial charge in [0.15, 0.2) is 5.16 Å². The van der Waals surface area contributed by atoms with Crippen LogP contribution < -0.4 is 0 Å². The molecular weight excluding hydrogens is 246 g/mol. The molecule has 94 valence electrons. The van der Waals surface area contributed by atoms with Crippen molar-refractivity contribution in [1.82, 2.24) is 14.9 Å². The molecule has 3 heterocycles. The van der Waals surface area contributed by atoms with E-state index in [2.05, 4.69) is 27.0 Å². The van der Waals surface area contributed by atoms with Gasteiger partial charge in [0.05, 0.1) is 11.8 Å². The first-order valence-electron chi connectivity index (χ1n) is 6.22. The standard InChI is InChI=1S/C13H15N3OS/c17-12(9-18-13-14-7-2-8-15-13)16-10-3-1-4-11(16)6-5-10/h1-3,7-8,10-11H,4-6,9H2. The van der Waals surface area contributed by atoms with Crippen LogP contribution in [0.25, 0.3) is 0 Å². The first-order chi connectivity index (χ1) is 8.84. The second-order valence-electron chi connectivity index (χ2n) is 4.58. The molecule has 4 nitrogen and oxygen atoms in total. The maximum Gasteiger partial charge on any atom is 0.233 e. The molecule has 1 saturated heterocycles. The third kappa shape index (κ3) is 2.27. The van der Waals surface area contributed by atoms with Crippen LogP contribution in [0, 0.1) is 0 Å². The Kier molecular flexibility index (Phi) is 3.32. The fourth-order valence-corrected chi connectivity index (χ4v) is 3.35. The highest BCUT2D eigenvalue weighted by Gasteiger charge is 2.36. The van der Waals surface area contributed by atoms with Crippen LogP contribution in [-0.2, 0) is 4.79 Å². The Morgan fingerprint density at radius 1 is 1.39 bits per heavy atom. The fourth-order valence-electron chi connectivity index (χ4n) is 2.67. The van der Waals surface area contributed by atoms with Crippen LogP contribution in [0.5, 0.6) is 0 Å². The second kappa shape index (κ2) is 5.10. The molecule has 18 heavy (non-hydrogen) atoms. The fraction of sp³-hybridized carbons (Fsp3) is 0.462. The Morgan fingerprint density at radius 3 is 3.00 bits per heavy atom. The molecule has 1 aromatic rings. The molecule has 5 heteroatoms. The number of hydrogen-bond donors (Lipinski definition) is 0. The lowest BCUT2D eigenvalue weighted by molar-refractivity contribution is -0.130. The van der Waals surface area contributed by atoms with Crippen molar-refractivity contribution in [3.63, 3.8) is 0 Å². The summed E-state index contributed by atoms with van der Waals surface area (Å²) in [6.07, 6.45) is 11.0. The van der Waals surface area contributed by atoms with E-state index in [4.69, 9.17) is 0 Å². The molecule has 2 aliphatic heterocycles. The van der Waals surface area contributed by atoms with E-state index in [1.165, 1.54) is 11.8 Å². The number of amides is 1. The van der Waals surface area contributed by atoms with Gasteiger partial charge in [-0.25, -0.2) is 9.97 Å². The predicted octanol–water partition coefficient (Wildman–Crippen LogP) is 1.89. The zero-order valence-corrected chi connectivity index (χ0v) is 10.8. The van der Waals surface area contributed by atoms with Crippen molar-refractivity contribution in [3.8, 4) is 0 Å². The molecule has 0 aromatic carbocycles. The van der Waals surface area contributed by atoms with E-state index >= 15 is 0 Å². The molecule has 0 spiro atoms. The van der Waals surface area contributed by atoms with Gasteiger partial charge in [-0.2, -0.15) is 0 Å². The molecule has 0 radical (unpaired) electrons. The van der Waals surface area contributed by atoms with Crippen molar-refractivity contribution in [3.05, 3.63) is 30.6 Å². The van der Waals surface area contributed by atoms with E-state index in [0.717, 1.165) is 19.3 Å². The van der Waals surface area contributed by atoms with Crippen molar-refractivity contribution in [2.24, 2.45) is 0 Å². The molecule has 2 unspecified atom stereocenters. The summed E-state index contributed by atoms with van der Waals surface area (Å²) in [7, 11) is 0. The number of nitrogens with zero attached hydrogens (tertiary/aromatic N) is 3. The van der Waals surface area contributed by atoms with Gasteiger partial charge in [0.1, 0.15) is 0 Å². The highest BCUT2D eigenvalue weighted by atomic mass is 32.2. The zero-order valence-electron chi connectivity index (χ0n) is 10.0. The van der Waals surface area contributed by atoms with Crippen LogP contribution in [0.1, 0.15) is 19.3 Å². The number of thioether (sulfide) groups is 1. The Balaban J connectivity index is 1.61. The smallest absolute Gasteiger partial charge is 0.233 e. The number of rotatable bonds is 3. The van der Waals surface area contributed by atoms with Crippen LogP contribution in [-0.4, -0.2) is 38.6 Å². The van der Waals surface area contributed by atoms with Crippen LogP contribution in [0.15, 0.2) is 35.8 Å². The third-order valence-corrected chi connectivity index (χ3v) is 4.33. The molecule has 3 rings (SSSR count). The van der Waals surface area contributed by atoms with E-state index in [-0.39, 0.29) is 5.91 Å². The number of carbonyl (C=O) groups is 1. The molecule has 2 bridgehead atoms. The van der Waals surface area contributed by atoms with Gasteiger partial charge >= 0.3 is 0 Å². The summed E-state index contributed by atoms with van der Waals surface area (Å²) in [6, 6.07) is 2.53. The first kappa shape index (κ1) is 11.7. The number of carbonyl (C=O) groups excluding carboxylic acids is 1. The summed E-state index contributed by atoms with van der Waals surface area (Å²) >= 11 is 1.42. The van der Waals surface area contributed by atoms with E-state index < -0.39 is 0 Å². The average molecular weight is 261 g/mol. The quantitative estimate of drug-likeness (QED) is 0.473. The van der Waals surface area contributed by atoms with Crippen molar-refractivity contribution < 1.29 is 4.79 Å². The summed E-state index contributed by atoms with van der Waals surface area (Å²) in [4.78, 5) is 22.5. The Labute approximate surface area is 110 Å². The average Bonchev–Trinajstić information content (AvgIpc) is 2.67. The van der Waals surface area contributed by atoms with Crippen LogP contribution in [0.4, 0.5) is 0 Å². The van der Waals surface area contributed by atoms with Gasteiger partial charge in [-0.15, -0.1) is 0 Å². The maximum absolute atomic E-state index is 12.2. The maximum atomic E-state index is 12.2. The summed E-state index contributed by atoms with van der Waals surface area (Å²) in [6.45, 7) is 0. The molecule has 1 aromatic heterocycles. The minimum absolute atomic E-state index is 0.212. The van der Waals surface area contributed by atoms with Crippen molar-refractivity contribution in [2.45, 2.75) is 36.5 Å². The Morgan fingerprint density at radius 2 is 2.22 bits per heavy atom. The number of fused-ring (bicyclic) bond motifs is 2. The normalized spacial score (nSPS) is 25.4. The SMILES string of the molecule is O=C(CSc1ncccn1)N1C2C=CCC1CC2. The van der Waals surface area contributed by atoms with Crippen LogP contribution >= 0.6 is 11.8 Å². The van der Waals surface area contributed by atoms with Gasteiger partial charge in [0.25, 0.3) is 0 Å². The molecule has 1 fully saturated rings. The minimum atomic E-state index is 0.212. The summed E-state index contributed by atoms with van der Waals surface area (Å²) in [5.41, 5.74) is 0. The third-order valence-electron chi connectivity index (χ3n) is 3.47. The largest absolute Gasteiger partial charge is 0.332 e. The predicted molar refractivity (Wildman–Crippen MR) is 70.2 cm³/mol. The second-order valence-corrected chi connectivity index (χ2v) is 5.53. The van der Waals surface area contributed by atoms with Gasteiger partial charge in [0.2, 0.25) is 5.91 Å². The van der Waals surface area contributed by atoms with E-state index in [0.29, 0.717) is 23.0 Å². The van der Waals surface area contributed by atoms with E-state index in [1.807, 2.05) is 0 Å². The van der Waals surface area contributed by atoms with Crippen molar-refractivity contribution in [2.75, 3.05) is 5.75 Å². The topological polar surface area (TPSA) is 46.1 Å². The van der Waals surface area contributed by atoms with Gasteiger partial charge in [-0.05, 0) is 25.3 Å². The lowest BCUT2D eigenvalue weighted by atomic mass is 10.1. The van der Waals surface area contributed by atoms with Crippen molar-refractivity contribution >= 4 is 17.7 Å². The van der Waals surface area contributed by atoms with E-state index in [1.54, 1.807) is 18.5 Å². The lowest BCUT2D eigenvalue weighted by Gasteiger charge is -2.31. The molecule has 1 amide bonds.